The van der Waals surface area contributed by atoms with E-state index in [-0.39, 0.29) is 0 Å². The molecular weight excluding hydrogens is 358 g/mol. The Bertz CT molecular complexity index is 1120. The summed E-state index contributed by atoms with van der Waals surface area (Å²) in [5.74, 6) is 0. The number of nitrogens with zero attached hydrogens (tertiary/aromatic N) is 1. The number of benzene rings is 3. The van der Waals surface area contributed by atoms with Gasteiger partial charge in [-0.3, -0.25) is 0 Å². The standard InChI is InChI=1S/C26H21NS/c1-2-19-13-15-23-24-16-14-22(18-26(24)28-25(23)17-19)27(20-9-5-3-6-10-20)21-11-7-4-8-12-21/h2-17,22H,1,18H2. The third kappa shape index (κ3) is 2.96. The Morgan fingerprint density at radius 2 is 1.57 bits per heavy atom. The van der Waals surface area contributed by atoms with Gasteiger partial charge in [0.2, 0.25) is 0 Å². The summed E-state index contributed by atoms with van der Waals surface area (Å²) < 4.78 is 1.35. The average Bonchev–Trinajstić information content (AvgIpc) is 3.12. The molecule has 28 heavy (non-hydrogen) atoms. The summed E-state index contributed by atoms with van der Waals surface area (Å²) >= 11 is 1.92. The van der Waals surface area contributed by atoms with Crippen molar-refractivity contribution in [1.29, 1.82) is 0 Å². The Morgan fingerprint density at radius 3 is 2.21 bits per heavy atom. The first-order valence-electron chi connectivity index (χ1n) is 9.59. The minimum atomic E-state index is 0.296. The molecule has 0 aliphatic heterocycles. The van der Waals surface area contributed by atoms with Gasteiger partial charge in [0.1, 0.15) is 0 Å². The van der Waals surface area contributed by atoms with Crippen LogP contribution in [0, 0.1) is 0 Å². The quantitative estimate of drug-likeness (QED) is 0.359. The van der Waals surface area contributed by atoms with Crippen LogP contribution in [-0.2, 0) is 6.42 Å². The molecule has 1 aliphatic carbocycles. The number of fused-ring (bicyclic) bond motifs is 3. The highest BCUT2D eigenvalue weighted by molar-refractivity contribution is 7.19. The van der Waals surface area contributed by atoms with E-state index in [2.05, 4.69) is 102 Å². The number of anilines is 2. The second-order valence-electron chi connectivity index (χ2n) is 7.07. The molecule has 0 amide bonds. The lowest BCUT2D eigenvalue weighted by Gasteiger charge is -2.33. The highest BCUT2D eigenvalue weighted by atomic mass is 32.1. The van der Waals surface area contributed by atoms with Crippen molar-refractivity contribution in [2.45, 2.75) is 12.5 Å². The fraction of sp³-hybridized carbons (Fsp3) is 0.0769. The van der Waals surface area contributed by atoms with Gasteiger partial charge in [0, 0.05) is 27.4 Å². The zero-order valence-electron chi connectivity index (χ0n) is 15.6. The van der Waals surface area contributed by atoms with Crippen LogP contribution in [0.15, 0.2) is 91.5 Å². The van der Waals surface area contributed by atoms with Gasteiger partial charge in [-0.25, -0.2) is 0 Å². The molecular formula is C26H21NS. The van der Waals surface area contributed by atoms with Gasteiger partial charge in [0.25, 0.3) is 0 Å². The maximum absolute atomic E-state index is 3.91. The van der Waals surface area contributed by atoms with E-state index in [1.165, 1.54) is 37.5 Å². The second-order valence-corrected chi connectivity index (χ2v) is 8.21. The van der Waals surface area contributed by atoms with E-state index in [0.29, 0.717) is 6.04 Å². The summed E-state index contributed by atoms with van der Waals surface area (Å²) in [6, 6.07) is 28.3. The summed E-state index contributed by atoms with van der Waals surface area (Å²) in [4.78, 5) is 3.90. The Morgan fingerprint density at radius 1 is 0.893 bits per heavy atom. The van der Waals surface area contributed by atoms with Crippen LogP contribution in [0.4, 0.5) is 11.4 Å². The molecule has 0 fully saturated rings. The summed E-state index contributed by atoms with van der Waals surface area (Å²) in [5, 5.41) is 1.35. The van der Waals surface area contributed by atoms with E-state index in [4.69, 9.17) is 0 Å². The molecule has 0 N–H and O–H groups in total. The predicted molar refractivity (Wildman–Crippen MR) is 123 cm³/mol. The first-order chi connectivity index (χ1) is 13.8. The number of thiophene rings is 1. The number of para-hydroxylation sites is 2. The lowest BCUT2D eigenvalue weighted by atomic mass is 9.97. The van der Waals surface area contributed by atoms with Crippen LogP contribution in [0.5, 0.6) is 0 Å². The molecule has 5 rings (SSSR count). The molecule has 136 valence electrons. The average molecular weight is 380 g/mol. The molecule has 1 unspecified atom stereocenters. The van der Waals surface area contributed by atoms with Crippen LogP contribution >= 0.6 is 11.3 Å². The summed E-state index contributed by atoms with van der Waals surface area (Å²) in [5.41, 5.74) is 5.01. The lowest BCUT2D eigenvalue weighted by Crippen LogP contribution is -2.32. The predicted octanol–water partition coefficient (Wildman–Crippen LogP) is 7.32. The van der Waals surface area contributed by atoms with Gasteiger partial charge in [-0.15, -0.1) is 11.3 Å². The molecule has 0 saturated carbocycles. The molecule has 4 aromatic rings. The van der Waals surface area contributed by atoms with Crippen molar-refractivity contribution in [2.75, 3.05) is 4.90 Å². The molecule has 0 bridgehead atoms. The van der Waals surface area contributed by atoms with Crippen molar-refractivity contribution >= 4 is 44.9 Å². The van der Waals surface area contributed by atoms with Crippen molar-refractivity contribution in [2.24, 2.45) is 0 Å². The fourth-order valence-electron chi connectivity index (χ4n) is 4.00. The summed E-state index contributed by atoms with van der Waals surface area (Å²) in [6.45, 7) is 3.91. The highest BCUT2D eigenvalue weighted by Crippen LogP contribution is 2.39. The molecule has 1 aliphatic rings. The van der Waals surface area contributed by atoms with E-state index in [1.54, 1.807) is 0 Å². The molecule has 0 spiro atoms. The molecule has 1 atom stereocenters. The van der Waals surface area contributed by atoms with Crippen LogP contribution in [0.1, 0.15) is 16.0 Å². The number of hydrogen-bond acceptors (Lipinski definition) is 2. The van der Waals surface area contributed by atoms with Crippen LogP contribution in [-0.4, -0.2) is 6.04 Å². The molecule has 1 aromatic heterocycles. The number of rotatable bonds is 4. The largest absolute Gasteiger partial charge is 0.334 e. The molecule has 2 heteroatoms. The van der Waals surface area contributed by atoms with Gasteiger partial charge in [-0.1, -0.05) is 73.3 Å². The van der Waals surface area contributed by atoms with Crippen molar-refractivity contribution in [3.05, 3.63) is 108 Å². The van der Waals surface area contributed by atoms with Gasteiger partial charge in [0.05, 0.1) is 6.04 Å². The third-order valence-corrected chi connectivity index (χ3v) is 6.54. The topological polar surface area (TPSA) is 3.24 Å². The molecule has 1 nitrogen and oxygen atoms in total. The smallest absolute Gasteiger partial charge is 0.0574 e. The fourth-order valence-corrected chi connectivity index (χ4v) is 5.29. The summed E-state index contributed by atoms with van der Waals surface area (Å²) in [7, 11) is 0. The van der Waals surface area contributed by atoms with Crippen molar-refractivity contribution in [3.63, 3.8) is 0 Å². The third-order valence-electron chi connectivity index (χ3n) is 5.35. The lowest BCUT2D eigenvalue weighted by molar-refractivity contribution is 0.777. The first-order valence-corrected chi connectivity index (χ1v) is 10.4. The van der Waals surface area contributed by atoms with E-state index in [1.807, 2.05) is 17.4 Å². The van der Waals surface area contributed by atoms with Crippen LogP contribution in [0.25, 0.3) is 22.2 Å². The normalized spacial score (nSPS) is 15.4. The highest BCUT2D eigenvalue weighted by Gasteiger charge is 2.24. The Hall–Kier alpha value is -3.10. The molecule has 0 saturated heterocycles. The van der Waals surface area contributed by atoms with Gasteiger partial charge in [-0.2, -0.15) is 0 Å². The maximum Gasteiger partial charge on any atom is 0.0574 e. The van der Waals surface area contributed by atoms with Crippen LogP contribution < -0.4 is 4.90 Å². The van der Waals surface area contributed by atoms with Gasteiger partial charge >= 0.3 is 0 Å². The number of hydrogen-bond donors (Lipinski definition) is 0. The Kier molecular flexibility index (Phi) is 4.34. The minimum Gasteiger partial charge on any atom is -0.334 e. The van der Waals surface area contributed by atoms with E-state index < -0.39 is 0 Å². The zero-order chi connectivity index (χ0) is 18.9. The van der Waals surface area contributed by atoms with Gasteiger partial charge in [-0.05, 0) is 46.8 Å². The van der Waals surface area contributed by atoms with E-state index in [9.17, 15) is 0 Å². The molecule has 0 radical (unpaired) electrons. The zero-order valence-corrected chi connectivity index (χ0v) is 16.4. The van der Waals surface area contributed by atoms with Gasteiger partial charge in [0.15, 0.2) is 0 Å². The monoisotopic (exact) mass is 379 g/mol. The second kappa shape index (κ2) is 7.14. The first kappa shape index (κ1) is 17.0. The Labute approximate surface area is 169 Å². The summed E-state index contributed by atoms with van der Waals surface area (Å²) in [6.07, 6.45) is 7.60. The molecule has 1 heterocycles. The van der Waals surface area contributed by atoms with Crippen molar-refractivity contribution in [1.82, 2.24) is 0 Å². The van der Waals surface area contributed by atoms with Crippen LogP contribution in [0.3, 0.4) is 0 Å². The maximum atomic E-state index is 3.91. The van der Waals surface area contributed by atoms with Crippen molar-refractivity contribution in [3.8, 4) is 0 Å². The van der Waals surface area contributed by atoms with E-state index in [0.717, 1.165) is 6.42 Å². The van der Waals surface area contributed by atoms with Crippen LogP contribution in [0.2, 0.25) is 0 Å². The minimum absolute atomic E-state index is 0.296. The van der Waals surface area contributed by atoms with E-state index >= 15 is 0 Å². The van der Waals surface area contributed by atoms with Crippen molar-refractivity contribution < 1.29 is 0 Å². The Balaban J connectivity index is 1.57. The molecule has 3 aromatic carbocycles. The SMILES string of the molecule is C=Cc1ccc2c3c(sc2c1)CC(N(c1ccccc1)c1ccccc1)C=C3. The van der Waals surface area contributed by atoms with Gasteiger partial charge < -0.3 is 4.90 Å².